The first kappa shape index (κ1) is 14.0. The van der Waals surface area contributed by atoms with E-state index in [-0.39, 0.29) is 11.9 Å². The van der Waals surface area contributed by atoms with Crippen LogP contribution in [0.15, 0.2) is 11.8 Å². The van der Waals surface area contributed by atoms with Crippen molar-refractivity contribution in [3.63, 3.8) is 0 Å². The van der Waals surface area contributed by atoms with Crippen molar-refractivity contribution in [3.8, 4) is 0 Å². The maximum atomic E-state index is 13.7. The van der Waals surface area contributed by atoms with Crippen LogP contribution in [0.5, 0.6) is 0 Å². The van der Waals surface area contributed by atoms with Gasteiger partial charge in [0.05, 0.1) is 17.6 Å². The fourth-order valence-electron chi connectivity index (χ4n) is 2.84. The van der Waals surface area contributed by atoms with Gasteiger partial charge in [-0.3, -0.25) is 10.1 Å². The molecule has 2 rings (SSSR count). The summed E-state index contributed by atoms with van der Waals surface area (Å²) in [5.41, 5.74) is 0. The summed E-state index contributed by atoms with van der Waals surface area (Å²) in [6.07, 6.45) is 2.03. The molecule has 2 heterocycles. The van der Waals surface area contributed by atoms with Crippen LogP contribution in [-0.4, -0.2) is 54.1 Å². The van der Waals surface area contributed by atoms with Gasteiger partial charge in [-0.05, 0) is 19.8 Å². The van der Waals surface area contributed by atoms with Crippen LogP contribution in [0.1, 0.15) is 19.8 Å². The Morgan fingerprint density at radius 1 is 1.58 bits per heavy atom. The highest BCUT2D eigenvalue weighted by molar-refractivity contribution is 5.03. The SMILES string of the molecule is CC1CC(CN2CCCN(C)C2=C(F)[N+](=O)[O-])CO1. The minimum Gasteiger partial charge on any atom is -0.378 e. The molecule has 0 saturated carbocycles. The number of hydrogen-bond donors (Lipinski definition) is 0. The first-order valence-electron chi connectivity index (χ1n) is 6.61. The smallest absolute Gasteiger partial charge is 0.378 e. The Morgan fingerprint density at radius 3 is 2.89 bits per heavy atom. The van der Waals surface area contributed by atoms with Gasteiger partial charge in [0.15, 0.2) is 0 Å². The Balaban J connectivity index is 2.12. The van der Waals surface area contributed by atoms with Gasteiger partial charge in [0, 0.05) is 32.6 Å². The normalized spacial score (nSPS) is 30.7. The molecule has 0 spiro atoms. The van der Waals surface area contributed by atoms with Gasteiger partial charge in [0.2, 0.25) is 5.82 Å². The largest absolute Gasteiger partial charge is 0.460 e. The van der Waals surface area contributed by atoms with Crippen LogP contribution in [-0.2, 0) is 4.74 Å². The van der Waals surface area contributed by atoms with E-state index in [4.69, 9.17) is 4.74 Å². The number of rotatable bonds is 3. The van der Waals surface area contributed by atoms with Crippen molar-refractivity contribution in [1.29, 1.82) is 0 Å². The minimum atomic E-state index is -1.26. The van der Waals surface area contributed by atoms with E-state index in [0.29, 0.717) is 32.2 Å². The van der Waals surface area contributed by atoms with Crippen molar-refractivity contribution in [2.75, 3.05) is 33.3 Å². The summed E-state index contributed by atoms with van der Waals surface area (Å²) in [5.74, 6) is -0.832. The van der Waals surface area contributed by atoms with Gasteiger partial charge in [-0.15, -0.1) is 4.39 Å². The first-order chi connectivity index (χ1) is 8.99. The minimum absolute atomic E-state index is 0.107. The zero-order chi connectivity index (χ0) is 14.0. The van der Waals surface area contributed by atoms with Crippen molar-refractivity contribution in [2.24, 2.45) is 5.92 Å². The highest BCUT2D eigenvalue weighted by Gasteiger charge is 2.33. The molecule has 2 unspecified atom stereocenters. The van der Waals surface area contributed by atoms with Gasteiger partial charge in [0.1, 0.15) is 0 Å². The van der Waals surface area contributed by atoms with E-state index in [1.165, 1.54) is 0 Å². The van der Waals surface area contributed by atoms with Crippen molar-refractivity contribution >= 4 is 0 Å². The van der Waals surface area contributed by atoms with E-state index in [0.717, 1.165) is 12.8 Å². The summed E-state index contributed by atoms with van der Waals surface area (Å²) >= 11 is 0. The molecule has 2 atom stereocenters. The fourth-order valence-corrected chi connectivity index (χ4v) is 2.84. The van der Waals surface area contributed by atoms with Crippen LogP contribution in [0.3, 0.4) is 0 Å². The summed E-state index contributed by atoms with van der Waals surface area (Å²) < 4.78 is 19.2. The van der Waals surface area contributed by atoms with Gasteiger partial charge in [-0.25, -0.2) is 0 Å². The maximum Gasteiger partial charge on any atom is 0.460 e. The lowest BCUT2D eigenvalue weighted by atomic mass is 10.1. The molecule has 0 aliphatic carbocycles. The number of ether oxygens (including phenoxy) is 1. The van der Waals surface area contributed by atoms with E-state index < -0.39 is 10.9 Å². The molecule has 0 amide bonds. The van der Waals surface area contributed by atoms with Crippen LogP contribution in [0.4, 0.5) is 4.39 Å². The highest BCUT2D eigenvalue weighted by atomic mass is 19.1. The molecule has 0 radical (unpaired) electrons. The van der Waals surface area contributed by atoms with E-state index in [9.17, 15) is 14.5 Å². The Morgan fingerprint density at radius 2 is 2.32 bits per heavy atom. The topological polar surface area (TPSA) is 58.9 Å². The number of nitro groups is 1. The second-order valence-corrected chi connectivity index (χ2v) is 5.34. The molecule has 19 heavy (non-hydrogen) atoms. The van der Waals surface area contributed by atoms with Crippen molar-refractivity contribution in [3.05, 3.63) is 21.9 Å². The molecule has 0 bridgehead atoms. The fraction of sp³-hybridized carbons (Fsp3) is 0.833. The Bertz CT molecular complexity index is 388. The molecule has 2 fully saturated rings. The Labute approximate surface area is 112 Å². The third-order valence-electron chi connectivity index (χ3n) is 3.69. The van der Waals surface area contributed by atoms with E-state index >= 15 is 0 Å². The van der Waals surface area contributed by atoms with Gasteiger partial charge in [0.25, 0.3) is 0 Å². The van der Waals surface area contributed by atoms with Gasteiger partial charge >= 0.3 is 5.95 Å². The molecule has 7 heteroatoms. The molecule has 0 aromatic rings. The summed E-state index contributed by atoms with van der Waals surface area (Å²) in [6, 6.07) is 0. The molecule has 6 nitrogen and oxygen atoms in total. The average molecular weight is 273 g/mol. The molecule has 0 N–H and O–H groups in total. The lowest BCUT2D eigenvalue weighted by molar-refractivity contribution is -0.451. The Kier molecular flexibility index (Phi) is 4.24. The lowest BCUT2D eigenvalue weighted by Crippen LogP contribution is -2.44. The molecule has 2 saturated heterocycles. The van der Waals surface area contributed by atoms with Crippen LogP contribution in [0.2, 0.25) is 0 Å². The summed E-state index contributed by atoms with van der Waals surface area (Å²) in [7, 11) is 1.69. The first-order valence-corrected chi connectivity index (χ1v) is 6.61. The van der Waals surface area contributed by atoms with E-state index in [1.807, 2.05) is 6.92 Å². The second kappa shape index (κ2) is 5.73. The molecule has 2 aliphatic heterocycles. The third-order valence-corrected chi connectivity index (χ3v) is 3.69. The molecule has 0 aromatic carbocycles. The number of halogens is 1. The van der Waals surface area contributed by atoms with E-state index in [2.05, 4.69) is 0 Å². The standard InChI is InChI=1S/C12H20FN3O3/c1-9-6-10(8-19-9)7-15-5-3-4-14(2)12(15)11(13)16(17)18/h9-10H,3-8H2,1-2H3. The number of nitrogens with zero attached hydrogens (tertiary/aromatic N) is 3. The molecular formula is C12H20FN3O3. The summed E-state index contributed by atoms with van der Waals surface area (Å²) in [6.45, 7) is 4.58. The quantitative estimate of drug-likeness (QED) is 0.442. The van der Waals surface area contributed by atoms with Crippen LogP contribution in [0, 0.1) is 16.0 Å². The number of hydrogen-bond acceptors (Lipinski definition) is 5. The third kappa shape index (κ3) is 3.15. The molecule has 2 aliphatic rings. The predicted octanol–water partition coefficient (Wildman–Crippen LogP) is 1.42. The van der Waals surface area contributed by atoms with Crippen molar-refractivity contribution in [2.45, 2.75) is 25.9 Å². The van der Waals surface area contributed by atoms with Crippen LogP contribution < -0.4 is 0 Å². The van der Waals surface area contributed by atoms with Crippen molar-refractivity contribution in [1.82, 2.24) is 9.80 Å². The van der Waals surface area contributed by atoms with Gasteiger partial charge in [-0.1, -0.05) is 0 Å². The summed E-state index contributed by atoms with van der Waals surface area (Å²) in [5, 5.41) is 10.7. The van der Waals surface area contributed by atoms with Crippen molar-refractivity contribution < 1.29 is 14.1 Å². The molecule has 0 aromatic heterocycles. The van der Waals surface area contributed by atoms with Crippen LogP contribution >= 0.6 is 0 Å². The second-order valence-electron chi connectivity index (χ2n) is 5.34. The molecular weight excluding hydrogens is 253 g/mol. The molecule has 108 valence electrons. The average Bonchev–Trinajstić information content (AvgIpc) is 2.74. The zero-order valence-electron chi connectivity index (χ0n) is 11.3. The van der Waals surface area contributed by atoms with Gasteiger partial charge in [-0.2, -0.15) is 0 Å². The van der Waals surface area contributed by atoms with Gasteiger partial charge < -0.3 is 14.5 Å². The van der Waals surface area contributed by atoms with E-state index in [1.54, 1.807) is 16.8 Å². The predicted molar refractivity (Wildman–Crippen MR) is 67.5 cm³/mol. The zero-order valence-corrected chi connectivity index (χ0v) is 11.3. The lowest BCUT2D eigenvalue weighted by Gasteiger charge is -2.37. The highest BCUT2D eigenvalue weighted by Crippen LogP contribution is 2.26. The maximum absolute atomic E-state index is 13.7. The van der Waals surface area contributed by atoms with Crippen LogP contribution in [0.25, 0.3) is 0 Å². The monoisotopic (exact) mass is 273 g/mol. The summed E-state index contributed by atoms with van der Waals surface area (Å²) in [4.78, 5) is 13.1. The Hall–Kier alpha value is -1.37.